The van der Waals surface area contributed by atoms with Crippen molar-refractivity contribution in [3.8, 4) is 0 Å². The second-order valence-electron chi connectivity index (χ2n) is 5.56. The molecule has 0 bridgehead atoms. The van der Waals surface area contributed by atoms with Gasteiger partial charge in [-0.2, -0.15) is 0 Å². The van der Waals surface area contributed by atoms with Crippen molar-refractivity contribution in [1.29, 1.82) is 0 Å². The Labute approximate surface area is 118 Å². The van der Waals surface area contributed by atoms with Crippen molar-refractivity contribution in [2.45, 2.75) is 32.3 Å². The van der Waals surface area contributed by atoms with Crippen LogP contribution in [0, 0.1) is 12.7 Å². The fraction of sp³-hybridized carbons (Fsp3) is 0.312. The summed E-state index contributed by atoms with van der Waals surface area (Å²) >= 11 is 0. The zero-order valence-electron chi connectivity index (χ0n) is 11.9. The summed E-state index contributed by atoms with van der Waals surface area (Å²) in [6.45, 7) is 5.69. The maximum atomic E-state index is 13.0. The number of halogens is 1. The Morgan fingerprint density at radius 1 is 1.20 bits per heavy atom. The van der Waals surface area contributed by atoms with E-state index in [0.717, 1.165) is 11.1 Å². The second-order valence-corrected chi connectivity index (χ2v) is 5.56. The molecule has 2 rings (SSSR count). The van der Waals surface area contributed by atoms with Gasteiger partial charge in [0.05, 0.1) is 6.10 Å². The van der Waals surface area contributed by atoms with Gasteiger partial charge in [0.2, 0.25) is 0 Å². The van der Waals surface area contributed by atoms with Gasteiger partial charge in [-0.3, -0.25) is 0 Å². The van der Waals surface area contributed by atoms with E-state index in [4.69, 9.17) is 5.73 Å². The zero-order valence-corrected chi connectivity index (χ0v) is 11.9. The summed E-state index contributed by atoms with van der Waals surface area (Å²) in [5.74, 6) is 0.0313. The summed E-state index contributed by atoms with van der Waals surface area (Å²) < 4.78 is 13.0. The van der Waals surface area contributed by atoms with Gasteiger partial charge in [0.25, 0.3) is 0 Å². The van der Waals surface area contributed by atoms with Gasteiger partial charge in [-0.1, -0.05) is 26.0 Å². The van der Waals surface area contributed by atoms with E-state index in [1.54, 1.807) is 18.3 Å². The first-order valence-electron chi connectivity index (χ1n) is 6.49. The highest BCUT2D eigenvalue weighted by Crippen LogP contribution is 2.39. The van der Waals surface area contributed by atoms with Crippen molar-refractivity contribution in [2.75, 3.05) is 5.73 Å². The number of hydrogen-bond acceptors (Lipinski definition) is 3. The lowest BCUT2D eigenvalue weighted by Crippen LogP contribution is -2.28. The lowest BCUT2D eigenvalue weighted by atomic mass is 9.76. The fourth-order valence-corrected chi connectivity index (χ4v) is 2.34. The highest BCUT2D eigenvalue weighted by atomic mass is 19.1. The first-order valence-corrected chi connectivity index (χ1v) is 6.49. The Morgan fingerprint density at radius 3 is 2.35 bits per heavy atom. The summed E-state index contributed by atoms with van der Waals surface area (Å²) in [6.07, 6.45) is 0.799. The molecule has 1 heterocycles. The van der Waals surface area contributed by atoms with Gasteiger partial charge >= 0.3 is 0 Å². The Bertz CT molecular complexity index is 588. The third kappa shape index (κ3) is 2.51. The van der Waals surface area contributed by atoms with Crippen LogP contribution < -0.4 is 5.73 Å². The monoisotopic (exact) mass is 274 g/mol. The summed E-state index contributed by atoms with van der Waals surface area (Å²) in [5.41, 5.74) is 7.65. The maximum absolute atomic E-state index is 13.0. The van der Waals surface area contributed by atoms with E-state index in [1.807, 2.05) is 26.8 Å². The van der Waals surface area contributed by atoms with Crippen molar-refractivity contribution >= 4 is 5.82 Å². The Hall–Kier alpha value is -1.94. The minimum atomic E-state index is -0.818. The van der Waals surface area contributed by atoms with Crippen LogP contribution in [0.3, 0.4) is 0 Å². The number of hydrogen-bond donors (Lipinski definition) is 2. The smallest absolute Gasteiger partial charge is 0.129 e. The van der Waals surface area contributed by atoms with E-state index < -0.39 is 11.5 Å². The Kier molecular flexibility index (Phi) is 3.77. The van der Waals surface area contributed by atoms with Crippen LogP contribution >= 0.6 is 0 Å². The molecule has 3 nitrogen and oxygen atoms in total. The number of aliphatic hydroxyl groups excluding tert-OH is 1. The van der Waals surface area contributed by atoms with Crippen LogP contribution in [0.5, 0.6) is 0 Å². The van der Waals surface area contributed by atoms with Crippen molar-refractivity contribution < 1.29 is 9.50 Å². The molecule has 4 heteroatoms. The van der Waals surface area contributed by atoms with Crippen LogP contribution in [0.1, 0.15) is 36.6 Å². The Morgan fingerprint density at radius 2 is 1.80 bits per heavy atom. The highest BCUT2D eigenvalue weighted by molar-refractivity contribution is 5.47. The first kappa shape index (κ1) is 14.5. The van der Waals surface area contributed by atoms with Crippen molar-refractivity contribution in [1.82, 2.24) is 4.98 Å². The quantitative estimate of drug-likeness (QED) is 0.904. The molecule has 0 aliphatic heterocycles. The number of nitrogens with zero attached hydrogens (tertiary/aromatic N) is 1. The number of aryl methyl sites for hydroxylation is 1. The molecule has 0 saturated carbocycles. The van der Waals surface area contributed by atoms with Gasteiger partial charge in [0, 0.05) is 17.2 Å². The molecule has 0 aliphatic rings. The van der Waals surface area contributed by atoms with Crippen LogP contribution in [-0.2, 0) is 5.41 Å². The first-order chi connectivity index (χ1) is 9.34. The molecule has 2 aromatic rings. The fourth-order valence-electron chi connectivity index (χ4n) is 2.34. The highest BCUT2D eigenvalue weighted by Gasteiger charge is 2.33. The third-order valence-electron chi connectivity index (χ3n) is 3.78. The standard InChI is InChI=1S/C16H19FN2O/c1-10-8-9-19-15(18)13(10)14(20)16(2,3)11-4-6-12(17)7-5-11/h4-9,14,20H,1-3H3,(H2,18,19). The number of benzene rings is 1. The number of aromatic nitrogens is 1. The number of rotatable bonds is 3. The van der Waals surface area contributed by atoms with Crippen LogP contribution in [-0.4, -0.2) is 10.1 Å². The second kappa shape index (κ2) is 5.21. The van der Waals surface area contributed by atoms with E-state index in [9.17, 15) is 9.50 Å². The molecule has 0 aliphatic carbocycles. The SMILES string of the molecule is Cc1ccnc(N)c1C(O)C(C)(C)c1ccc(F)cc1. The summed E-state index contributed by atoms with van der Waals surface area (Å²) in [5, 5.41) is 10.7. The number of aliphatic hydroxyl groups is 1. The van der Waals surface area contributed by atoms with Crippen LogP contribution in [0.25, 0.3) is 0 Å². The van der Waals surface area contributed by atoms with E-state index >= 15 is 0 Å². The van der Waals surface area contributed by atoms with Gasteiger partial charge in [-0.25, -0.2) is 9.37 Å². The molecule has 1 unspecified atom stereocenters. The third-order valence-corrected chi connectivity index (χ3v) is 3.78. The number of nitrogen functional groups attached to an aromatic ring is 1. The van der Waals surface area contributed by atoms with Gasteiger partial charge in [0.15, 0.2) is 0 Å². The maximum Gasteiger partial charge on any atom is 0.129 e. The predicted octanol–water partition coefficient (Wildman–Crippen LogP) is 3.12. The molecular formula is C16H19FN2O. The number of pyridine rings is 1. The normalized spacial score (nSPS) is 13.2. The van der Waals surface area contributed by atoms with Gasteiger partial charge in [0.1, 0.15) is 11.6 Å². The Balaban J connectivity index is 2.45. The van der Waals surface area contributed by atoms with Crippen molar-refractivity contribution in [2.24, 2.45) is 0 Å². The van der Waals surface area contributed by atoms with Gasteiger partial charge in [-0.15, -0.1) is 0 Å². The molecule has 106 valence electrons. The molecule has 0 fully saturated rings. The summed E-state index contributed by atoms with van der Waals surface area (Å²) in [7, 11) is 0. The lowest BCUT2D eigenvalue weighted by Gasteiger charge is -2.32. The van der Waals surface area contributed by atoms with Crippen LogP contribution in [0.4, 0.5) is 10.2 Å². The molecule has 0 saturated heterocycles. The van der Waals surface area contributed by atoms with E-state index in [2.05, 4.69) is 4.98 Å². The van der Waals surface area contributed by atoms with Crippen molar-refractivity contribution in [3.63, 3.8) is 0 Å². The zero-order chi connectivity index (χ0) is 14.9. The molecule has 1 aromatic carbocycles. The molecule has 20 heavy (non-hydrogen) atoms. The van der Waals surface area contributed by atoms with Gasteiger partial charge in [-0.05, 0) is 36.2 Å². The minimum Gasteiger partial charge on any atom is -0.387 e. The van der Waals surface area contributed by atoms with Crippen LogP contribution in [0.15, 0.2) is 36.5 Å². The molecule has 0 amide bonds. The van der Waals surface area contributed by atoms with Crippen LogP contribution in [0.2, 0.25) is 0 Å². The predicted molar refractivity (Wildman–Crippen MR) is 77.8 cm³/mol. The molecule has 1 atom stereocenters. The lowest BCUT2D eigenvalue weighted by molar-refractivity contribution is 0.100. The molecule has 3 N–H and O–H groups in total. The van der Waals surface area contributed by atoms with E-state index in [1.165, 1.54) is 12.1 Å². The molecular weight excluding hydrogens is 255 g/mol. The topological polar surface area (TPSA) is 59.1 Å². The molecule has 0 radical (unpaired) electrons. The molecule has 1 aromatic heterocycles. The molecule has 0 spiro atoms. The number of anilines is 1. The largest absolute Gasteiger partial charge is 0.387 e. The van der Waals surface area contributed by atoms with E-state index in [-0.39, 0.29) is 5.82 Å². The van der Waals surface area contributed by atoms with Crippen molar-refractivity contribution in [3.05, 3.63) is 59.0 Å². The summed E-state index contributed by atoms with van der Waals surface area (Å²) in [6, 6.07) is 7.96. The minimum absolute atomic E-state index is 0.295. The van der Waals surface area contributed by atoms with Gasteiger partial charge < -0.3 is 10.8 Å². The average Bonchev–Trinajstić information content (AvgIpc) is 2.38. The summed E-state index contributed by atoms with van der Waals surface area (Å²) in [4.78, 5) is 4.04. The number of nitrogens with two attached hydrogens (primary N) is 1. The average molecular weight is 274 g/mol. The van der Waals surface area contributed by atoms with E-state index in [0.29, 0.717) is 11.4 Å².